The Morgan fingerprint density at radius 1 is 1.00 bits per heavy atom. The van der Waals surface area contributed by atoms with E-state index >= 15 is 0 Å². The van der Waals surface area contributed by atoms with Crippen molar-refractivity contribution in [1.29, 1.82) is 0 Å². The summed E-state index contributed by atoms with van der Waals surface area (Å²) in [4.78, 5) is 16.6. The second-order valence-corrected chi connectivity index (χ2v) is 6.20. The molecule has 3 rings (SSSR count). The first-order chi connectivity index (χ1) is 13.2. The van der Waals surface area contributed by atoms with Crippen molar-refractivity contribution in [1.82, 2.24) is 10.3 Å². The standard InChI is InChI=1S/C22H22N2O3/c1-27-15-20(21(25)18-5-3-2-4-6-18)24-22(26)19-9-7-16(8-10-19)17-11-13-23-14-12-17/h2-14,20-21,25H,15H2,1H3,(H,24,26)/t20-,21-/m0/s1. The molecule has 27 heavy (non-hydrogen) atoms. The van der Waals surface area contributed by atoms with Gasteiger partial charge in [0.15, 0.2) is 0 Å². The van der Waals surface area contributed by atoms with Crippen molar-refractivity contribution in [3.8, 4) is 11.1 Å². The number of benzene rings is 2. The number of aliphatic hydroxyl groups is 1. The molecule has 0 saturated carbocycles. The molecule has 0 fully saturated rings. The number of hydrogen-bond acceptors (Lipinski definition) is 4. The van der Waals surface area contributed by atoms with Crippen molar-refractivity contribution in [2.45, 2.75) is 12.1 Å². The van der Waals surface area contributed by atoms with E-state index in [0.717, 1.165) is 16.7 Å². The Kier molecular flexibility index (Phi) is 6.30. The van der Waals surface area contributed by atoms with Crippen molar-refractivity contribution in [2.75, 3.05) is 13.7 Å². The van der Waals surface area contributed by atoms with Crippen LogP contribution in [0.4, 0.5) is 0 Å². The summed E-state index contributed by atoms with van der Waals surface area (Å²) in [6, 6.07) is 19.8. The third kappa shape index (κ3) is 4.78. The van der Waals surface area contributed by atoms with Gasteiger partial charge in [-0.15, -0.1) is 0 Å². The first-order valence-corrected chi connectivity index (χ1v) is 8.72. The number of hydrogen-bond donors (Lipinski definition) is 2. The Balaban J connectivity index is 1.72. The molecule has 0 radical (unpaired) electrons. The number of methoxy groups -OCH3 is 1. The Hall–Kier alpha value is -3.02. The van der Waals surface area contributed by atoms with Gasteiger partial charge in [-0.25, -0.2) is 0 Å². The maximum atomic E-state index is 12.6. The van der Waals surface area contributed by atoms with Gasteiger partial charge in [0.25, 0.3) is 5.91 Å². The van der Waals surface area contributed by atoms with Gasteiger partial charge in [-0.2, -0.15) is 0 Å². The number of nitrogens with one attached hydrogen (secondary N) is 1. The number of rotatable bonds is 7. The summed E-state index contributed by atoms with van der Waals surface area (Å²) in [5.41, 5.74) is 3.29. The van der Waals surface area contributed by atoms with Gasteiger partial charge in [0.1, 0.15) is 6.10 Å². The van der Waals surface area contributed by atoms with Crippen molar-refractivity contribution in [2.24, 2.45) is 0 Å². The number of carbonyl (C=O) groups excluding carboxylic acids is 1. The van der Waals surface area contributed by atoms with Crippen molar-refractivity contribution in [3.63, 3.8) is 0 Å². The first kappa shape index (κ1) is 18.8. The molecular formula is C22H22N2O3. The van der Waals surface area contributed by atoms with Crippen LogP contribution in [0.25, 0.3) is 11.1 Å². The summed E-state index contributed by atoms with van der Waals surface area (Å²) in [5, 5.41) is 13.5. The minimum absolute atomic E-state index is 0.205. The molecule has 0 spiro atoms. The molecule has 2 N–H and O–H groups in total. The summed E-state index contributed by atoms with van der Waals surface area (Å²) < 4.78 is 5.18. The quantitative estimate of drug-likeness (QED) is 0.677. The van der Waals surface area contributed by atoms with Crippen LogP contribution in [-0.2, 0) is 4.74 Å². The number of nitrogens with zero attached hydrogens (tertiary/aromatic N) is 1. The highest BCUT2D eigenvalue weighted by Crippen LogP contribution is 2.20. The molecule has 0 aliphatic carbocycles. The predicted molar refractivity (Wildman–Crippen MR) is 104 cm³/mol. The molecule has 2 aromatic carbocycles. The van der Waals surface area contributed by atoms with Crippen molar-refractivity contribution < 1.29 is 14.6 Å². The van der Waals surface area contributed by atoms with E-state index < -0.39 is 12.1 Å². The molecule has 1 heterocycles. The zero-order valence-electron chi connectivity index (χ0n) is 15.1. The number of carbonyl (C=O) groups is 1. The van der Waals surface area contributed by atoms with Crippen molar-refractivity contribution in [3.05, 3.63) is 90.3 Å². The normalized spacial score (nSPS) is 13.0. The second-order valence-electron chi connectivity index (χ2n) is 6.20. The lowest BCUT2D eigenvalue weighted by Crippen LogP contribution is -2.42. The summed E-state index contributed by atoms with van der Waals surface area (Å²) in [5.74, 6) is -0.256. The Morgan fingerprint density at radius 3 is 2.26 bits per heavy atom. The van der Waals surface area contributed by atoms with Crippen LogP contribution < -0.4 is 5.32 Å². The zero-order chi connectivity index (χ0) is 19.1. The van der Waals surface area contributed by atoms with Gasteiger partial charge in [-0.3, -0.25) is 9.78 Å². The fraction of sp³-hybridized carbons (Fsp3) is 0.182. The molecule has 0 aliphatic rings. The summed E-state index contributed by atoms with van der Waals surface area (Å²) >= 11 is 0. The highest BCUT2D eigenvalue weighted by molar-refractivity contribution is 5.95. The van der Waals surface area contributed by atoms with Gasteiger partial charge in [-0.05, 0) is 41.0 Å². The number of ether oxygens (including phenoxy) is 1. The second kappa shape index (κ2) is 9.07. The monoisotopic (exact) mass is 362 g/mol. The molecule has 0 bridgehead atoms. The minimum atomic E-state index is -0.855. The van der Waals surface area contributed by atoms with E-state index in [-0.39, 0.29) is 12.5 Å². The molecule has 1 amide bonds. The molecule has 1 aromatic heterocycles. The third-order valence-corrected chi connectivity index (χ3v) is 4.35. The summed E-state index contributed by atoms with van der Waals surface area (Å²) in [6.07, 6.45) is 2.61. The molecule has 5 nitrogen and oxygen atoms in total. The highest BCUT2D eigenvalue weighted by Gasteiger charge is 2.23. The lowest BCUT2D eigenvalue weighted by atomic mass is 10.0. The number of aromatic nitrogens is 1. The highest BCUT2D eigenvalue weighted by atomic mass is 16.5. The average molecular weight is 362 g/mol. The van der Waals surface area contributed by atoms with Crippen LogP contribution in [0.2, 0.25) is 0 Å². The molecule has 2 atom stereocenters. The maximum Gasteiger partial charge on any atom is 0.251 e. The molecule has 138 valence electrons. The number of aliphatic hydroxyl groups excluding tert-OH is 1. The molecule has 5 heteroatoms. The predicted octanol–water partition coefficient (Wildman–Crippen LogP) is 3.23. The van der Waals surface area contributed by atoms with Gasteiger partial charge in [0.05, 0.1) is 12.6 Å². The van der Waals surface area contributed by atoms with E-state index in [9.17, 15) is 9.90 Å². The fourth-order valence-corrected chi connectivity index (χ4v) is 2.88. The topological polar surface area (TPSA) is 71.5 Å². The molecular weight excluding hydrogens is 340 g/mol. The fourth-order valence-electron chi connectivity index (χ4n) is 2.88. The van der Waals surface area contributed by atoms with Crippen LogP contribution >= 0.6 is 0 Å². The minimum Gasteiger partial charge on any atom is -0.386 e. The van der Waals surface area contributed by atoms with Gasteiger partial charge in [0.2, 0.25) is 0 Å². The van der Waals surface area contributed by atoms with Crippen LogP contribution in [0.3, 0.4) is 0 Å². The average Bonchev–Trinajstić information content (AvgIpc) is 2.74. The van der Waals surface area contributed by atoms with Crippen molar-refractivity contribution >= 4 is 5.91 Å². The van der Waals surface area contributed by atoms with E-state index in [1.165, 1.54) is 0 Å². The van der Waals surface area contributed by atoms with E-state index in [1.54, 1.807) is 31.6 Å². The van der Waals surface area contributed by atoms with Crippen LogP contribution in [-0.4, -0.2) is 35.8 Å². The molecule has 3 aromatic rings. The smallest absolute Gasteiger partial charge is 0.251 e. The summed E-state index contributed by atoms with van der Waals surface area (Å²) in [7, 11) is 1.54. The van der Waals surface area contributed by atoms with Gasteiger partial charge >= 0.3 is 0 Å². The Morgan fingerprint density at radius 2 is 1.63 bits per heavy atom. The first-order valence-electron chi connectivity index (χ1n) is 8.72. The molecule has 0 unspecified atom stereocenters. The van der Waals surface area contributed by atoms with E-state index in [4.69, 9.17) is 4.74 Å². The summed E-state index contributed by atoms with van der Waals surface area (Å²) in [6.45, 7) is 0.205. The largest absolute Gasteiger partial charge is 0.386 e. The Labute approximate surface area is 158 Å². The van der Waals surface area contributed by atoms with Crippen LogP contribution in [0.1, 0.15) is 22.0 Å². The number of pyridine rings is 1. The van der Waals surface area contributed by atoms with Crippen LogP contribution in [0.5, 0.6) is 0 Å². The third-order valence-electron chi connectivity index (χ3n) is 4.35. The van der Waals surface area contributed by atoms with Crippen LogP contribution in [0, 0.1) is 0 Å². The lowest BCUT2D eigenvalue weighted by Gasteiger charge is -2.24. The van der Waals surface area contributed by atoms with Gasteiger partial charge in [-0.1, -0.05) is 42.5 Å². The molecule has 0 saturated heterocycles. The van der Waals surface area contributed by atoms with Gasteiger partial charge < -0.3 is 15.2 Å². The van der Waals surface area contributed by atoms with Gasteiger partial charge in [0, 0.05) is 25.1 Å². The maximum absolute atomic E-state index is 12.6. The van der Waals surface area contributed by atoms with E-state index in [1.807, 2.05) is 54.6 Å². The van der Waals surface area contributed by atoms with E-state index in [0.29, 0.717) is 5.56 Å². The Bertz CT molecular complexity index is 852. The number of amides is 1. The van der Waals surface area contributed by atoms with E-state index in [2.05, 4.69) is 10.3 Å². The lowest BCUT2D eigenvalue weighted by molar-refractivity contribution is 0.0594. The zero-order valence-corrected chi connectivity index (χ0v) is 15.1. The molecule has 0 aliphatic heterocycles. The SMILES string of the molecule is COC[C@H](NC(=O)c1ccc(-c2ccncc2)cc1)[C@@H](O)c1ccccc1. The van der Waals surface area contributed by atoms with Crippen LogP contribution in [0.15, 0.2) is 79.1 Å².